The fourth-order valence-corrected chi connectivity index (χ4v) is 1.98. The first kappa shape index (κ1) is 13.4. The smallest absolute Gasteiger partial charge is 0.253 e. The molecule has 0 saturated heterocycles. The Balaban J connectivity index is 1.88. The maximum absolute atomic E-state index is 11.6. The number of hydrogen-bond donors (Lipinski definition) is 2. The van der Waals surface area contributed by atoms with E-state index in [-0.39, 0.29) is 12.5 Å². The van der Waals surface area contributed by atoms with Crippen molar-refractivity contribution in [3.63, 3.8) is 0 Å². The van der Waals surface area contributed by atoms with E-state index in [1.807, 2.05) is 6.07 Å². The van der Waals surface area contributed by atoms with Crippen LogP contribution in [-0.2, 0) is 0 Å². The molecule has 1 heterocycles. The number of nitrogens with zero attached hydrogens (tertiary/aromatic N) is 1. The van der Waals surface area contributed by atoms with Crippen molar-refractivity contribution >= 4 is 11.7 Å². The SMILES string of the molecule is C#CCNC(=O)c1ccc(NCC2(CC)CC2)nc1. The molecule has 0 bridgehead atoms. The van der Waals surface area contributed by atoms with Crippen molar-refractivity contribution in [1.29, 1.82) is 0 Å². The minimum Gasteiger partial charge on any atom is -0.370 e. The molecule has 0 aromatic carbocycles. The Morgan fingerprint density at radius 2 is 2.32 bits per heavy atom. The van der Waals surface area contributed by atoms with Gasteiger partial charge in [-0.2, -0.15) is 0 Å². The van der Waals surface area contributed by atoms with Gasteiger partial charge in [-0.25, -0.2) is 4.98 Å². The van der Waals surface area contributed by atoms with Crippen LogP contribution in [0.2, 0.25) is 0 Å². The van der Waals surface area contributed by atoms with Crippen molar-refractivity contribution in [3.05, 3.63) is 23.9 Å². The minimum absolute atomic E-state index is 0.191. The average Bonchev–Trinajstić information content (AvgIpc) is 3.24. The van der Waals surface area contributed by atoms with Crippen LogP contribution in [-0.4, -0.2) is 24.0 Å². The van der Waals surface area contributed by atoms with Crippen LogP contribution in [0.15, 0.2) is 18.3 Å². The van der Waals surface area contributed by atoms with E-state index in [1.165, 1.54) is 19.3 Å². The zero-order valence-corrected chi connectivity index (χ0v) is 11.2. The van der Waals surface area contributed by atoms with Gasteiger partial charge in [-0.15, -0.1) is 6.42 Å². The summed E-state index contributed by atoms with van der Waals surface area (Å²) in [5.74, 6) is 2.99. The number of carbonyl (C=O) groups excluding carboxylic acids is 1. The molecule has 4 nitrogen and oxygen atoms in total. The molecular formula is C15H19N3O. The molecule has 1 aromatic heterocycles. The van der Waals surface area contributed by atoms with Gasteiger partial charge in [0.2, 0.25) is 0 Å². The summed E-state index contributed by atoms with van der Waals surface area (Å²) in [6.45, 7) is 3.41. The number of rotatable bonds is 6. The Labute approximate surface area is 114 Å². The third kappa shape index (κ3) is 3.47. The predicted molar refractivity (Wildman–Crippen MR) is 75.9 cm³/mol. The van der Waals surface area contributed by atoms with E-state index >= 15 is 0 Å². The number of carbonyl (C=O) groups is 1. The molecule has 1 aliphatic rings. The quantitative estimate of drug-likeness (QED) is 0.767. The van der Waals surface area contributed by atoms with Gasteiger partial charge >= 0.3 is 0 Å². The Kier molecular flexibility index (Phi) is 4.06. The number of anilines is 1. The highest BCUT2D eigenvalue weighted by Crippen LogP contribution is 2.48. The van der Waals surface area contributed by atoms with Crippen molar-refractivity contribution in [2.24, 2.45) is 5.41 Å². The summed E-state index contributed by atoms with van der Waals surface area (Å²) >= 11 is 0. The maximum Gasteiger partial charge on any atom is 0.253 e. The van der Waals surface area contributed by atoms with Gasteiger partial charge in [0.15, 0.2) is 0 Å². The summed E-state index contributed by atoms with van der Waals surface area (Å²) in [7, 11) is 0. The summed E-state index contributed by atoms with van der Waals surface area (Å²) in [6.07, 6.45) is 10.4. The summed E-state index contributed by atoms with van der Waals surface area (Å²) in [4.78, 5) is 15.9. The molecule has 1 amide bonds. The van der Waals surface area contributed by atoms with Crippen LogP contribution in [0.1, 0.15) is 36.5 Å². The molecule has 0 unspecified atom stereocenters. The summed E-state index contributed by atoms with van der Waals surface area (Å²) in [5.41, 5.74) is 1.00. The van der Waals surface area contributed by atoms with Gasteiger partial charge in [0.1, 0.15) is 5.82 Å². The van der Waals surface area contributed by atoms with E-state index in [9.17, 15) is 4.79 Å². The third-order valence-corrected chi connectivity index (χ3v) is 3.73. The summed E-state index contributed by atoms with van der Waals surface area (Å²) in [6, 6.07) is 3.59. The first-order valence-electron chi connectivity index (χ1n) is 6.61. The molecule has 1 fully saturated rings. The molecule has 100 valence electrons. The largest absolute Gasteiger partial charge is 0.370 e. The lowest BCUT2D eigenvalue weighted by Crippen LogP contribution is -2.23. The number of aromatic nitrogens is 1. The second-order valence-electron chi connectivity index (χ2n) is 5.03. The topological polar surface area (TPSA) is 54.0 Å². The predicted octanol–water partition coefficient (Wildman–Crippen LogP) is 2.05. The van der Waals surface area contributed by atoms with Crippen molar-refractivity contribution in [1.82, 2.24) is 10.3 Å². The van der Waals surface area contributed by atoms with Gasteiger partial charge in [0.05, 0.1) is 12.1 Å². The average molecular weight is 257 g/mol. The molecule has 2 N–H and O–H groups in total. The first-order valence-corrected chi connectivity index (χ1v) is 6.61. The molecular weight excluding hydrogens is 238 g/mol. The van der Waals surface area contributed by atoms with Crippen LogP contribution in [0.25, 0.3) is 0 Å². The first-order chi connectivity index (χ1) is 9.19. The van der Waals surface area contributed by atoms with Gasteiger partial charge in [-0.1, -0.05) is 12.8 Å². The van der Waals surface area contributed by atoms with Gasteiger partial charge in [0.25, 0.3) is 5.91 Å². The number of hydrogen-bond acceptors (Lipinski definition) is 3. The standard InChI is InChI=1S/C15H19N3O/c1-3-9-16-14(19)12-5-6-13(17-10-12)18-11-15(4-2)7-8-15/h1,5-6,10H,4,7-9,11H2,2H3,(H,16,19)(H,17,18). The molecule has 19 heavy (non-hydrogen) atoms. The molecule has 4 heteroatoms. The fraction of sp³-hybridized carbons (Fsp3) is 0.467. The molecule has 0 radical (unpaired) electrons. The zero-order chi connectivity index (χ0) is 13.7. The summed E-state index contributed by atoms with van der Waals surface area (Å²) in [5, 5.41) is 5.94. The van der Waals surface area contributed by atoms with E-state index < -0.39 is 0 Å². The Morgan fingerprint density at radius 3 is 2.84 bits per heavy atom. The monoisotopic (exact) mass is 257 g/mol. The van der Waals surface area contributed by atoms with Crippen LogP contribution in [0.3, 0.4) is 0 Å². The van der Waals surface area contributed by atoms with E-state index in [2.05, 4.69) is 28.5 Å². The number of terminal acetylenes is 1. The van der Waals surface area contributed by atoms with Gasteiger partial charge in [0, 0.05) is 12.7 Å². The fourth-order valence-electron chi connectivity index (χ4n) is 1.98. The highest BCUT2D eigenvalue weighted by molar-refractivity contribution is 5.94. The van der Waals surface area contributed by atoms with Crippen LogP contribution in [0.5, 0.6) is 0 Å². The van der Waals surface area contributed by atoms with Crippen LogP contribution in [0.4, 0.5) is 5.82 Å². The van der Waals surface area contributed by atoms with Crippen molar-refractivity contribution in [2.75, 3.05) is 18.4 Å². The Bertz CT molecular complexity index is 483. The lowest BCUT2D eigenvalue weighted by Gasteiger charge is -2.13. The van der Waals surface area contributed by atoms with Crippen LogP contribution in [0, 0.1) is 17.8 Å². The molecule has 0 aliphatic heterocycles. The van der Waals surface area contributed by atoms with E-state index in [0.29, 0.717) is 11.0 Å². The van der Waals surface area contributed by atoms with Gasteiger partial charge < -0.3 is 10.6 Å². The van der Waals surface area contributed by atoms with Crippen LogP contribution >= 0.6 is 0 Å². The lowest BCUT2D eigenvalue weighted by atomic mass is 10.0. The molecule has 1 saturated carbocycles. The molecule has 0 spiro atoms. The molecule has 1 aliphatic carbocycles. The highest BCUT2D eigenvalue weighted by atomic mass is 16.1. The Morgan fingerprint density at radius 1 is 1.53 bits per heavy atom. The third-order valence-electron chi connectivity index (χ3n) is 3.73. The zero-order valence-electron chi connectivity index (χ0n) is 11.2. The molecule has 0 atom stereocenters. The second kappa shape index (κ2) is 5.75. The number of nitrogens with one attached hydrogen (secondary N) is 2. The summed E-state index contributed by atoms with van der Waals surface area (Å²) < 4.78 is 0. The maximum atomic E-state index is 11.6. The minimum atomic E-state index is -0.191. The lowest BCUT2D eigenvalue weighted by molar-refractivity contribution is 0.0958. The number of amides is 1. The van der Waals surface area contributed by atoms with Crippen LogP contribution < -0.4 is 10.6 Å². The molecule has 1 aromatic rings. The van der Waals surface area contributed by atoms with E-state index in [0.717, 1.165) is 12.4 Å². The van der Waals surface area contributed by atoms with E-state index in [1.54, 1.807) is 12.3 Å². The Hall–Kier alpha value is -2.02. The van der Waals surface area contributed by atoms with E-state index in [4.69, 9.17) is 6.42 Å². The number of pyridine rings is 1. The second-order valence-corrected chi connectivity index (χ2v) is 5.03. The normalized spacial score (nSPS) is 15.4. The van der Waals surface area contributed by atoms with Gasteiger partial charge in [-0.05, 0) is 36.8 Å². The highest BCUT2D eigenvalue weighted by Gasteiger charge is 2.40. The van der Waals surface area contributed by atoms with Crippen molar-refractivity contribution < 1.29 is 4.79 Å². The molecule has 2 rings (SSSR count). The van der Waals surface area contributed by atoms with Crippen molar-refractivity contribution in [3.8, 4) is 12.3 Å². The van der Waals surface area contributed by atoms with Crippen molar-refractivity contribution in [2.45, 2.75) is 26.2 Å². The van der Waals surface area contributed by atoms with Gasteiger partial charge in [-0.3, -0.25) is 4.79 Å².